The summed E-state index contributed by atoms with van der Waals surface area (Å²) in [4.78, 5) is 22.3. The molecule has 258 valence electrons. The molecule has 0 aliphatic rings. The van der Waals surface area contributed by atoms with Crippen molar-refractivity contribution < 1.29 is 82.7 Å². The Morgan fingerprint density at radius 1 is 0.360 bits per heavy atom. The fraction of sp³-hybridized carbons (Fsp3) is 0. The van der Waals surface area contributed by atoms with Gasteiger partial charge in [-0.3, -0.25) is 19.9 Å². The topological polar surface area (TPSA) is 280 Å². The monoisotopic (exact) mass is 807 g/mol. The number of fused-ring (bicyclic) bond motifs is 2. The quantitative estimate of drug-likeness (QED) is 0.165. The first-order valence-electron chi connectivity index (χ1n) is 13.6. The van der Waals surface area contributed by atoms with Gasteiger partial charge in [-0.25, -0.2) is 42.3 Å². The van der Waals surface area contributed by atoms with Gasteiger partial charge in [0.1, 0.15) is 0 Å². The largest absolute Gasteiger partial charge is 2.00 e. The number of hydrogen-bond donors (Lipinski definition) is 0. The molecule has 17 heteroatoms. The van der Waals surface area contributed by atoms with E-state index in [1.807, 2.05) is 103 Å². The second-order valence-electron chi connectivity index (χ2n) is 9.36. The molecule has 14 nitrogen and oxygen atoms in total. The molecular weight excluding hydrogens is 782 g/mol. The molecular formula is C33H25Cl2N5O9Ru. The van der Waals surface area contributed by atoms with Crippen LogP contribution in [0.5, 0.6) is 0 Å². The van der Waals surface area contributed by atoms with Crippen molar-refractivity contribution in [2.45, 2.75) is 0 Å². The molecule has 0 spiro atoms. The number of halogens is 2. The molecule has 7 rings (SSSR count). The molecule has 2 aromatic carbocycles. The molecule has 50 heavy (non-hydrogen) atoms. The van der Waals surface area contributed by atoms with Crippen LogP contribution in [-0.4, -0.2) is 30.4 Å². The van der Waals surface area contributed by atoms with Crippen LogP contribution in [0.3, 0.4) is 0 Å². The molecule has 0 amide bonds. The summed E-state index contributed by atoms with van der Waals surface area (Å²) in [6.45, 7) is 0. The fourth-order valence-corrected chi connectivity index (χ4v) is 4.37. The van der Waals surface area contributed by atoms with Crippen molar-refractivity contribution in [1.82, 2.24) is 24.9 Å². The van der Waals surface area contributed by atoms with Gasteiger partial charge in [-0.05, 0) is 59.3 Å². The average molecular weight is 808 g/mol. The zero-order valence-corrected chi connectivity index (χ0v) is 28.6. The van der Waals surface area contributed by atoms with Crippen LogP contribution < -0.4 is 37.3 Å². The summed E-state index contributed by atoms with van der Waals surface area (Å²) in [5.74, 6) is 0. The second kappa shape index (κ2) is 19.7. The summed E-state index contributed by atoms with van der Waals surface area (Å²) in [6.07, 6.45) is 7.23. The molecule has 2 N–H and O–H groups in total. The van der Waals surface area contributed by atoms with Gasteiger partial charge in [-0.2, -0.15) is 0 Å². The first-order chi connectivity index (χ1) is 22.9. The Hall–Kier alpha value is -4.45. The fourth-order valence-electron chi connectivity index (χ4n) is 4.37. The van der Waals surface area contributed by atoms with Crippen molar-refractivity contribution >= 4 is 21.5 Å². The predicted molar refractivity (Wildman–Crippen MR) is 157 cm³/mol. The molecule has 0 bridgehead atoms. The summed E-state index contributed by atoms with van der Waals surface area (Å²) in [7, 11) is -9.89. The van der Waals surface area contributed by atoms with Crippen LogP contribution in [0, 0.1) is 20.5 Å². The van der Waals surface area contributed by atoms with Crippen LogP contribution in [0.25, 0.3) is 55.7 Å². The van der Waals surface area contributed by atoms with Gasteiger partial charge < -0.3 is 5.48 Å². The average Bonchev–Trinajstić information content (AvgIpc) is 3.07. The first-order valence-corrected chi connectivity index (χ1v) is 16.0. The van der Waals surface area contributed by atoms with E-state index < -0.39 is 20.5 Å². The van der Waals surface area contributed by atoms with Crippen molar-refractivity contribution in [2.24, 2.45) is 0 Å². The molecule has 7 aromatic rings. The van der Waals surface area contributed by atoms with E-state index in [1.54, 1.807) is 12.4 Å². The zero-order valence-electron chi connectivity index (χ0n) is 25.4. The molecule has 5 aromatic heterocycles. The minimum atomic E-state index is -4.94. The number of aromatic nitrogens is 5. The van der Waals surface area contributed by atoms with Crippen LogP contribution in [0.4, 0.5) is 0 Å². The first kappa shape index (κ1) is 41.7. The minimum absolute atomic E-state index is 0. The van der Waals surface area contributed by atoms with Crippen LogP contribution in [-0.2, 0) is 19.5 Å². The smallest absolute Gasteiger partial charge is 0.412 e. The number of benzene rings is 2. The summed E-state index contributed by atoms with van der Waals surface area (Å²) in [5.41, 5.74) is 5.35. The van der Waals surface area contributed by atoms with E-state index in [4.69, 9.17) is 37.3 Å². The molecule has 0 aliphatic carbocycles. The van der Waals surface area contributed by atoms with Crippen molar-refractivity contribution in [3.05, 3.63) is 140 Å². The van der Waals surface area contributed by atoms with Crippen molar-refractivity contribution in [2.75, 3.05) is 0 Å². The third kappa shape index (κ3) is 13.8. The minimum Gasteiger partial charge on any atom is -0.412 e. The molecule has 0 radical (unpaired) electrons. The molecule has 0 saturated carbocycles. The van der Waals surface area contributed by atoms with E-state index in [-0.39, 0.29) is 25.0 Å². The Bertz CT molecular complexity index is 1890. The summed E-state index contributed by atoms with van der Waals surface area (Å²) in [5, 5.41) is 4.65. The predicted octanol–water partition coefficient (Wildman–Crippen LogP) is -2.68. The van der Waals surface area contributed by atoms with E-state index in [1.165, 1.54) is 10.8 Å². The Labute approximate surface area is 302 Å². The molecule has 0 saturated heterocycles. The second-order valence-corrected chi connectivity index (χ2v) is 10.9. The Kier molecular flexibility index (Phi) is 16.4. The maximum atomic E-state index is 8.49. The summed E-state index contributed by atoms with van der Waals surface area (Å²) in [6, 6.07) is 38.1. The molecule has 0 aliphatic heterocycles. The van der Waals surface area contributed by atoms with E-state index in [9.17, 15) is 0 Å². The van der Waals surface area contributed by atoms with Gasteiger partial charge in [0, 0.05) is 35.6 Å². The Morgan fingerprint density at radius 2 is 0.700 bits per heavy atom. The van der Waals surface area contributed by atoms with Crippen LogP contribution in [0.15, 0.2) is 140 Å². The maximum Gasteiger partial charge on any atom is 2.00 e. The zero-order chi connectivity index (χ0) is 34.6. The van der Waals surface area contributed by atoms with E-state index >= 15 is 0 Å². The molecule has 5 heterocycles. The standard InChI is InChI=1S/C18H12N2.C15H11N3.2ClHO4.H2O.Ru/c1-3-7-15-13(5-1)9-11-19-17(15)18-16-8-4-2-6-14(16)10-12-20-18;1-3-10-16-12(6-1)14-8-5-9-15(18-14)13-7-2-4-11-17-13;2*2-1(3,4)5;;/h1-12H;1-11H;2*(H,2,3,4,5);1H2;/q;;;;;+2/p-2. The van der Waals surface area contributed by atoms with Gasteiger partial charge in [0.15, 0.2) is 0 Å². The van der Waals surface area contributed by atoms with Crippen molar-refractivity contribution in [1.29, 1.82) is 0 Å². The maximum absolute atomic E-state index is 8.49. The van der Waals surface area contributed by atoms with Gasteiger partial charge >= 0.3 is 19.5 Å². The summed E-state index contributed by atoms with van der Waals surface area (Å²) < 4.78 is 67.9. The van der Waals surface area contributed by atoms with Crippen LogP contribution in [0.2, 0.25) is 0 Å². The van der Waals surface area contributed by atoms with E-state index in [2.05, 4.69) is 49.2 Å². The number of rotatable bonds is 3. The van der Waals surface area contributed by atoms with E-state index in [0.29, 0.717) is 0 Å². The van der Waals surface area contributed by atoms with Gasteiger partial charge in [-0.15, -0.1) is 20.5 Å². The van der Waals surface area contributed by atoms with E-state index in [0.717, 1.165) is 44.9 Å². The Morgan fingerprint density at radius 3 is 1.06 bits per heavy atom. The van der Waals surface area contributed by atoms with Crippen LogP contribution in [0.1, 0.15) is 0 Å². The van der Waals surface area contributed by atoms with Crippen molar-refractivity contribution in [3.8, 4) is 34.2 Å². The molecule has 0 atom stereocenters. The number of nitrogens with zero attached hydrogens (tertiary/aromatic N) is 5. The van der Waals surface area contributed by atoms with Gasteiger partial charge in [0.2, 0.25) is 0 Å². The third-order valence-corrected chi connectivity index (χ3v) is 6.18. The third-order valence-electron chi connectivity index (χ3n) is 6.18. The Balaban J connectivity index is 0.000000267. The number of pyridine rings is 5. The van der Waals surface area contributed by atoms with Gasteiger partial charge in [-0.1, -0.05) is 66.7 Å². The summed E-state index contributed by atoms with van der Waals surface area (Å²) >= 11 is 0. The van der Waals surface area contributed by atoms with Gasteiger partial charge in [0.25, 0.3) is 0 Å². The number of hydrogen-bond acceptors (Lipinski definition) is 13. The van der Waals surface area contributed by atoms with Crippen LogP contribution >= 0.6 is 0 Å². The van der Waals surface area contributed by atoms with Crippen molar-refractivity contribution in [3.63, 3.8) is 0 Å². The SMILES string of the molecule is O.[O-][Cl+3]([O-])([O-])[O-].[O-][Cl+3]([O-])([O-])[O-].[Ru+2].c1ccc(-c2cccc(-c3ccccn3)n2)nc1.c1ccc2c(-c3nccc4ccccc34)nccc2c1. The van der Waals surface area contributed by atoms with Gasteiger partial charge in [0.05, 0.1) is 34.2 Å². The molecule has 0 unspecified atom stereocenters. The molecule has 0 fully saturated rings. The normalized spacial score (nSPS) is 10.5.